The van der Waals surface area contributed by atoms with Gasteiger partial charge < -0.3 is 10.1 Å². The van der Waals surface area contributed by atoms with Crippen molar-refractivity contribution in [3.05, 3.63) is 59.7 Å². The van der Waals surface area contributed by atoms with Crippen LogP contribution in [0.3, 0.4) is 0 Å². The maximum absolute atomic E-state index is 12.7. The number of anilines is 2. The number of carbonyl (C=O) groups excluding carboxylic acids is 3. The topological polar surface area (TPSA) is 75.7 Å². The van der Waals surface area contributed by atoms with E-state index in [0.717, 1.165) is 11.3 Å². The third-order valence-electron chi connectivity index (χ3n) is 4.28. The van der Waals surface area contributed by atoms with Gasteiger partial charge in [0.25, 0.3) is 0 Å². The first kappa shape index (κ1) is 17.7. The Balaban J connectivity index is 1.74. The highest BCUT2D eigenvalue weighted by Crippen LogP contribution is 2.32. The van der Waals surface area contributed by atoms with E-state index in [1.165, 1.54) is 11.8 Å². The molecule has 1 atom stereocenters. The third-order valence-corrected chi connectivity index (χ3v) is 4.28. The average molecular weight is 352 g/mol. The van der Waals surface area contributed by atoms with Crippen LogP contribution in [0.25, 0.3) is 0 Å². The molecule has 6 nitrogen and oxygen atoms in total. The number of benzene rings is 2. The van der Waals surface area contributed by atoms with E-state index < -0.39 is 12.0 Å². The van der Waals surface area contributed by atoms with Crippen molar-refractivity contribution in [3.63, 3.8) is 0 Å². The molecule has 0 unspecified atom stereocenters. The van der Waals surface area contributed by atoms with Crippen molar-refractivity contribution in [3.8, 4) is 0 Å². The molecular weight excluding hydrogens is 332 g/mol. The summed E-state index contributed by atoms with van der Waals surface area (Å²) in [5.41, 5.74) is 2.73. The Morgan fingerprint density at radius 1 is 1.12 bits per heavy atom. The van der Waals surface area contributed by atoms with E-state index >= 15 is 0 Å². The summed E-state index contributed by atoms with van der Waals surface area (Å²) in [6, 6.07) is 13.4. The third kappa shape index (κ3) is 3.44. The molecule has 134 valence electrons. The van der Waals surface area contributed by atoms with Crippen LogP contribution in [0.4, 0.5) is 11.4 Å². The summed E-state index contributed by atoms with van der Waals surface area (Å²) in [7, 11) is 0. The molecule has 1 aliphatic heterocycles. The Morgan fingerprint density at radius 3 is 2.46 bits per heavy atom. The van der Waals surface area contributed by atoms with Crippen molar-refractivity contribution in [1.29, 1.82) is 0 Å². The van der Waals surface area contributed by atoms with Crippen LogP contribution in [0.5, 0.6) is 0 Å². The average Bonchev–Trinajstić information content (AvgIpc) is 3.02. The molecule has 0 radical (unpaired) electrons. The maximum Gasteiger partial charge on any atom is 0.338 e. The molecule has 0 saturated heterocycles. The summed E-state index contributed by atoms with van der Waals surface area (Å²) in [6.45, 7) is 3.50. The van der Waals surface area contributed by atoms with Gasteiger partial charge in [-0.1, -0.05) is 18.2 Å². The normalized spacial score (nSPS) is 15.3. The van der Waals surface area contributed by atoms with Crippen molar-refractivity contribution in [1.82, 2.24) is 0 Å². The molecule has 1 N–H and O–H groups in total. The van der Waals surface area contributed by atoms with E-state index in [-0.39, 0.29) is 11.8 Å². The Hall–Kier alpha value is -3.15. The molecule has 2 amide bonds. The van der Waals surface area contributed by atoms with Gasteiger partial charge in [0.2, 0.25) is 11.8 Å². The number of fused-ring (bicyclic) bond motifs is 1. The highest BCUT2D eigenvalue weighted by atomic mass is 16.5. The Kier molecular flexibility index (Phi) is 5.02. The molecule has 0 fully saturated rings. The van der Waals surface area contributed by atoms with Crippen LogP contribution in [0.1, 0.15) is 29.8 Å². The number of ether oxygens (including phenoxy) is 1. The Labute approximate surface area is 151 Å². The SMILES string of the molecule is CCOC(=O)c1ccc(NC(=O)[C@@H]2Cc3ccccc3N2C(C)=O)cc1. The van der Waals surface area contributed by atoms with Crippen molar-refractivity contribution in [2.24, 2.45) is 0 Å². The molecule has 0 saturated carbocycles. The summed E-state index contributed by atoms with van der Waals surface area (Å²) < 4.78 is 4.94. The lowest BCUT2D eigenvalue weighted by Crippen LogP contribution is -2.44. The molecule has 0 bridgehead atoms. The van der Waals surface area contributed by atoms with Gasteiger partial charge in [-0.3, -0.25) is 14.5 Å². The summed E-state index contributed by atoms with van der Waals surface area (Å²) in [4.78, 5) is 38.0. The minimum Gasteiger partial charge on any atom is -0.462 e. The zero-order valence-electron chi connectivity index (χ0n) is 14.7. The standard InChI is InChI=1S/C20H20N2O4/c1-3-26-20(25)14-8-10-16(11-9-14)21-19(24)18-12-15-6-4-5-7-17(15)22(18)13(2)23/h4-11,18H,3,12H2,1-2H3,(H,21,24)/t18-/m0/s1. The second-order valence-corrected chi connectivity index (χ2v) is 6.02. The summed E-state index contributed by atoms with van der Waals surface area (Å²) >= 11 is 0. The van der Waals surface area contributed by atoms with Crippen LogP contribution in [0, 0.1) is 0 Å². The molecular formula is C20H20N2O4. The minimum absolute atomic E-state index is 0.173. The van der Waals surface area contributed by atoms with Crippen molar-refractivity contribution in [2.75, 3.05) is 16.8 Å². The van der Waals surface area contributed by atoms with Crippen molar-refractivity contribution < 1.29 is 19.1 Å². The fraction of sp³-hybridized carbons (Fsp3) is 0.250. The van der Waals surface area contributed by atoms with Gasteiger partial charge in [-0.15, -0.1) is 0 Å². The van der Waals surface area contributed by atoms with Gasteiger partial charge in [-0.2, -0.15) is 0 Å². The van der Waals surface area contributed by atoms with Crippen molar-refractivity contribution >= 4 is 29.2 Å². The largest absolute Gasteiger partial charge is 0.462 e. The molecule has 0 aliphatic carbocycles. The number of amides is 2. The van der Waals surface area contributed by atoms with Gasteiger partial charge in [0.1, 0.15) is 6.04 Å². The predicted octanol–water partition coefficient (Wildman–Crippen LogP) is 2.78. The van der Waals surface area contributed by atoms with E-state index in [0.29, 0.717) is 24.3 Å². The van der Waals surface area contributed by atoms with Crippen LogP contribution in [-0.4, -0.2) is 30.4 Å². The van der Waals surface area contributed by atoms with E-state index in [1.54, 1.807) is 31.2 Å². The van der Waals surface area contributed by atoms with Crippen LogP contribution in [0.15, 0.2) is 48.5 Å². The highest BCUT2D eigenvalue weighted by molar-refractivity contribution is 6.06. The first-order chi connectivity index (χ1) is 12.5. The molecule has 0 aromatic heterocycles. The number of hydrogen-bond acceptors (Lipinski definition) is 4. The number of hydrogen-bond donors (Lipinski definition) is 1. The monoisotopic (exact) mass is 352 g/mol. The van der Waals surface area contributed by atoms with Gasteiger partial charge in [0.15, 0.2) is 0 Å². The zero-order valence-corrected chi connectivity index (χ0v) is 14.7. The predicted molar refractivity (Wildman–Crippen MR) is 98.1 cm³/mol. The Bertz CT molecular complexity index is 845. The molecule has 3 rings (SSSR count). The first-order valence-electron chi connectivity index (χ1n) is 8.47. The van der Waals surface area contributed by atoms with Crippen molar-refractivity contribution in [2.45, 2.75) is 26.3 Å². The molecule has 2 aromatic rings. The molecule has 0 spiro atoms. The molecule has 26 heavy (non-hydrogen) atoms. The maximum atomic E-state index is 12.7. The van der Waals surface area contributed by atoms with Crippen LogP contribution in [0.2, 0.25) is 0 Å². The highest BCUT2D eigenvalue weighted by Gasteiger charge is 2.36. The first-order valence-corrected chi connectivity index (χ1v) is 8.47. The second kappa shape index (κ2) is 7.39. The van der Waals surface area contributed by atoms with Gasteiger partial charge >= 0.3 is 5.97 Å². The second-order valence-electron chi connectivity index (χ2n) is 6.02. The zero-order chi connectivity index (χ0) is 18.7. The van der Waals surface area contributed by atoms with E-state index in [4.69, 9.17) is 4.74 Å². The van der Waals surface area contributed by atoms with Crippen LogP contribution >= 0.6 is 0 Å². The van der Waals surface area contributed by atoms with E-state index in [1.807, 2.05) is 24.3 Å². The van der Waals surface area contributed by atoms with Gasteiger partial charge in [0.05, 0.1) is 12.2 Å². The fourth-order valence-corrected chi connectivity index (χ4v) is 3.11. The quantitative estimate of drug-likeness (QED) is 0.859. The van der Waals surface area contributed by atoms with Gasteiger partial charge in [-0.25, -0.2) is 4.79 Å². The number of esters is 1. The molecule has 6 heteroatoms. The summed E-state index contributed by atoms with van der Waals surface area (Å²) in [5.74, 6) is -0.840. The van der Waals surface area contributed by atoms with E-state index in [2.05, 4.69) is 5.32 Å². The van der Waals surface area contributed by atoms with Gasteiger partial charge in [-0.05, 0) is 42.8 Å². The smallest absolute Gasteiger partial charge is 0.338 e. The summed E-state index contributed by atoms with van der Waals surface area (Å²) in [6.07, 6.45) is 0.475. The molecule has 2 aromatic carbocycles. The minimum atomic E-state index is -0.588. The number of nitrogens with zero attached hydrogens (tertiary/aromatic N) is 1. The lowest BCUT2D eigenvalue weighted by atomic mass is 10.1. The van der Waals surface area contributed by atoms with Gasteiger partial charge in [0, 0.05) is 24.7 Å². The fourth-order valence-electron chi connectivity index (χ4n) is 3.11. The number of rotatable bonds is 4. The molecule has 1 heterocycles. The lowest BCUT2D eigenvalue weighted by Gasteiger charge is -2.23. The molecule has 1 aliphatic rings. The summed E-state index contributed by atoms with van der Waals surface area (Å²) in [5, 5.41) is 2.82. The lowest BCUT2D eigenvalue weighted by molar-refractivity contribution is -0.122. The number of carbonyl (C=O) groups is 3. The Morgan fingerprint density at radius 2 is 1.81 bits per heavy atom. The number of nitrogens with one attached hydrogen (secondary N) is 1. The van der Waals surface area contributed by atoms with Crippen LogP contribution < -0.4 is 10.2 Å². The van der Waals surface area contributed by atoms with E-state index in [9.17, 15) is 14.4 Å². The van der Waals surface area contributed by atoms with Crippen LogP contribution in [-0.2, 0) is 20.7 Å². The number of para-hydroxylation sites is 1.